The topological polar surface area (TPSA) is 35.5 Å². The van der Waals surface area contributed by atoms with Crippen LogP contribution in [0.5, 0.6) is 0 Å². The van der Waals surface area contributed by atoms with Crippen LogP contribution in [0.3, 0.4) is 0 Å². The highest BCUT2D eigenvalue weighted by molar-refractivity contribution is 5.82. The number of esters is 1. The van der Waals surface area contributed by atoms with E-state index in [9.17, 15) is 61.9 Å². The molecule has 0 aromatic rings. The Balaban J connectivity index is 6.49. The van der Waals surface area contributed by atoms with Gasteiger partial charge in [-0.05, 0) is 0 Å². The molecule has 0 bridgehead atoms. The highest BCUT2D eigenvalue weighted by atomic mass is 19.4. The van der Waals surface area contributed by atoms with Crippen molar-refractivity contribution in [3.05, 3.63) is 0 Å². The lowest BCUT2D eigenvalue weighted by Crippen LogP contribution is -2.69. The SMILES string of the molecule is COC(=O)C(OC(F)(F)C(F)(F)C(F)(F)F)(C(F)(F)F)C(F)(F)F. The van der Waals surface area contributed by atoms with Crippen molar-refractivity contribution in [3.8, 4) is 0 Å². The van der Waals surface area contributed by atoms with Gasteiger partial charge < -0.3 is 4.74 Å². The molecule has 0 aromatic carbocycles. The molecule has 0 aliphatic carbocycles. The molecule has 0 amide bonds. The van der Waals surface area contributed by atoms with Crippen molar-refractivity contribution in [2.75, 3.05) is 7.11 Å². The third-order valence-corrected chi connectivity index (χ3v) is 2.27. The van der Waals surface area contributed by atoms with Crippen LogP contribution in [0, 0.1) is 0 Å². The van der Waals surface area contributed by atoms with Crippen molar-refractivity contribution in [3.63, 3.8) is 0 Å². The first-order valence-corrected chi connectivity index (χ1v) is 4.93. The molecule has 0 aliphatic rings. The van der Waals surface area contributed by atoms with Gasteiger partial charge in [0.25, 0.3) is 0 Å². The summed E-state index contributed by atoms with van der Waals surface area (Å²) in [4.78, 5) is 10.7. The number of alkyl halides is 13. The number of ether oxygens (including phenoxy) is 2. The minimum atomic E-state index is -7.50. The minimum absolute atomic E-state index is 0.210. The van der Waals surface area contributed by atoms with E-state index in [0.29, 0.717) is 0 Å². The zero-order chi connectivity index (χ0) is 20.0. The first kappa shape index (κ1) is 22.5. The molecule has 0 aromatic heterocycles. The van der Waals surface area contributed by atoms with Crippen LogP contribution in [0.4, 0.5) is 57.1 Å². The first-order valence-electron chi connectivity index (χ1n) is 4.93. The molecule has 24 heavy (non-hydrogen) atoms. The van der Waals surface area contributed by atoms with Crippen LogP contribution in [-0.4, -0.2) is 49.2 Å². The van der Waals surface area contributed by atoms with Crippen molar-refractivity contribution in [1.82, 2.24) is 0 Å². The molecule has 0 radical (unpaired) electrons. The van der Waals surface area contributed by atoms with Gasteiger partial charge in [-0.25, -0.2) is 4.79 Å². The van der Waals surface area contributed by atoms with Gasteiger partial charge in [-0.1, -0.05) is 0 Å². The van der Waals surface area contributed by atoms with Gasteiger partial charge >= 0.3 is 42.1 Å². The molecule has 0 unspecified atom stereocenters. The molecular formula is C8H3F13O3. The summed E-state index contributed by atoms with van der Waals surface area (Å²) in [5.41, 5.74) is -6.80. The summed E-state index contributed by atoms with van der Waals surface area (Å²) in [6.07, 6.45) is -29.2. The number of hydrogen-bond donors (Lipinski definition) is 0. The fraction of sp³-hybridized carbons (Fsp3) is 0.875. The Labute approximate surface area is 122 Å². The van der Waals surface area contributed by atoms with E-state index < -0.39 is 42.1 Å². The van der Waals surface area contributed by atoms with Gasteiger partial charge in [0.1, 0.15) is 0 Å². The second-order valence-electron chi connectivity index (χ2n) is 3.86. The van der Waals surface area contributed by atoms with Crippen LogP contribution < -0.4 is 0 Å². The van der Waals surface area contributed by atoms with Gasteiger partial charge in [0, 0.05) is 0 Å². The Morgan fingerprint density at radius 1 is 0.667 bits per heavy atom. The zero-order valence-electron chi connectivity index (χ0n) is 10.6. The van der Waals surface area contributed by atoms with Crippen LogP contribution in [0.25, 0.3) is 0 Å². The summed E-state index contributed by atoms with van der Waals surface area (Å²) in [6.45, 7) is 0. The maximum atomic E-state index is 12.8. The van der Waals surface area contributed by atoms with Crippen molar-refractivity contribution in [2.45, 2.75) is 36.2 Å². The molecule has 0 aliphatic heterocycles. The van der Waals surface area contributed by atoms with E-state index in [2.05, 4.69) is 4.74 Å². The molecule has 0 N–H and O–H groups in total. The highest BCUT2D eigenvalue weighted by Gasteiger charge is 2.85. The molecule has 0 saturated heterocycles. The number of carbonyl (C=O) groups excluding carboxylic acids is 1. The zero-order valence-corrected chi connectivity index (χ0v) is 10.6. The summed E-state index contributed by atoms with van der Waals surface area (Å²) in [5, 5.41) is 0. The number of methoxy groups -OCH3 is 1. The van der Waals surface area contributed by atoms with Crippen LogP contribution in [-0.2, 0) is 14.3 Å². The second kappa shape index (κ2) is 5.80. The average Bonchev–Trinajstić information content (AvgIpc) is 2.30. The Hall–Kier alpha value is -1.48. The summed E-state index contributed by atoms with van der Waals surface area (Å²) >= 11 is 0. The fourth-order valence-electron chi connectivity index (χ4n) is 1.11. The summed E-state index contributed by atoms with van der Waals surface area (Å²) in [5.74, 6) is -11.2. The van der Waals surface area contributed by atoms with Gasteiger partial charge in [-0.3, -0.25) is 4.74 Å². The van der Waals surface area contributed by atoms with Crippen molar-refractivity contribution >= 4 is 5.97 Å². The third-order valence-electron chi connectivity index (χ3n) is 2.27. The van der Waals surface area contributed by atoms with Gasteiger partial charge in [-0.2, -0.15) is 57.1 Å². The summed E-state index contributed by atoms with van der Waals surface area (Å²) in [6, 6.07) is 0. The largest absolute Gasteiger partial charge is 0.466 e. The van der Waals surface area contributed by atoms with Gasteiger partial charge in [0.15, 0.2) is 0 Å². The average molecular weight is 394 g/mol. The molecule has 0 atom stereocenters. The maximum Gasteiger partial charge on any atom is 0.462 e. The fourth-order valence-corrected chi connectivity index (χ4v) is 1.11. The third kappa shape index (κ3) is 3.32. The maximum absolute atomic E-state index is 12.8. The smallest absolute Gasteiger partial charge is 0.462 e. The first-order chi connectivity index (χ1) is 10.2. The predicted molar refractivity (Wildman–Crippen MR) is 43.9 cm³/mol. The Morgan fingerprint density at radius 2 is 1.00 bits per heavy atom. The van der Waals surface area contributed by atoms with Crippen LogP contribution >= 0.6 is 0 Å². The highest BCUT2D eigenvalue weighted by Crippen LogP contribution is 2.54. The Bertz CT molecular complexity index is 457. The molecule has 0 saturated carbocycles. The van der Waals surface area contributed by atoms with Gasteiger partial charge in [0.2, 0.25) is 0 Å². The van der Waals surface area contributed by atoms with E-state index >= 15 is 0 Å². The Morgan fingerprint density at radius 3 is 1.21 bits per heavy atom. The van der Waals surface area contributed by atoms with E-state index in [1.165, 1.54) is 0 Å². The summed E-state index contributed by atoms with van der Waals surface area (Å²) in [7, 11) is -0.210. The monoisotopic (exact) mass is 394 g/mol. The Kier molecular flexibility index (Phi) is 5.44. The molecule has 0 fully saturated rings. The van der Waals surface area contributed by atoms with Crippen LogP contribution in [0.2, 0.25) is 0 Å². The molecule has 0 rings (SSSR count). The van der Waals surface area contributed by atoms with E-state index in [1.54, 1.807) is 4.74 Å². The lowest BCUT2D eigenvalue weighted by Gasteiger charge is -2.38. The quantitative estimate of drug-likeness (QED) is 0.537. The molecule has 0 heterocycles. The van der Waals surface area contributed by atoms with Crippen molar-refractivity contribution < 1.29 is 71.3 Å². The lowest BCUT2D eigenvalue weighted by molar-refractivity contribution is -0.484. The van der Waals surface area contributed by atoms with Gasteiger partial charge in [-0.15, -0.1) is 0 Å². The molecular weight excluding hydrogens is 391 g/mol. The molecule has 3 nitrogen and oxygen atoms in total. The predicted octanol–water partition coefficient (Wildman–Crippen LogP) is 3.83. The number of rotatable bonds is 4. The normalized spacial score (nSPS) is 15.4. The minimum Gasteiger partial charge on any atom is -0.466 e. The number of hydrogen-bond acceptors (Lipinski definition) is 3. The van der Waals surface area contributed by atoms with Crippen LogP contribution in [0.15, 0.2) is 0 Å². The van der Waals surface area contributed by atoms with E-state index in [1.807, 2.05) is 0 Å². The van der Waals surface area contributed by atoms with Crippen LogP contribution in [0.1, 0.15) is 0 Å². The van der Waals surface area contributed by atoms with E-state index in [-0.39, 0.29) is 7.11 Å². The second-order valence-corrected chi connectivity index (χ2v) is 3.86. The molecule has 0 spiro atoms. The lowest BCUT2D eigenvalue weighted by atomic mass is 10.0. The summed E-state index contributed by atoms with van der Waals surface area (Å²) < 4.78 is 166. The van der Waals surface area contributed by atoms with Gasteiger partial charge in [0.05, 0.1) is 7.11 Å². The molecule has 144 valence electrons. The standard InChI is InChI=1S/C8H3F13O3/c1-23-2(22)3(5(11,12)13,6(14,15)16)24-8(20,21)4(9,10)7(17,18)19/h1H3. The van der Waals surface area contributed by atoms with Crippen molar-refractivity contribution in [2.24, 2.45) is 0 Å². The van der Waals surface area contributed by atoms with E-state index in [4.69, 9.17) is 0 Å². The number of halogens is 13. The van der Waals surface area contributed by atoms with Crippen molar-refractivity contribution in [1.29, 1.82) is 0 Å². The molecule has 16 heteroatoms. The van der Waals surface area contributed by atoms with E-state index in [0.717, 1.165) is 0 Å². The number of carbonyl (C=O) groups is 1.